The summed E-state index contributed by atoms with van der Waals surface area (Å²) in [6, 6.07) is 5.84. The molecule has 108 valence electrons. The van der Waals surface area contributed by atoms with E-state index in [2.05, 4.69) is 16.4 Å². The second-order valence-electron chi connectivity index (χ2n) is 4.15. The van der Waals surface area contributed by atoms with Gasteiger partial charge in [-0.05, 0) is 30.7 Å². The van der Waals surface area contributed by atoms with Gasteiger partial charge in [0.15, 0.2) is 0 Å². The van der Waals surface area contributed by atoms with Crippen molar-refractivity contribution >= 4 is 10.4 Å². The van der Waals surface area contributed by atoms with Crippen LogP contribution in [0.5, 0.6) is 5.75 Å². The summed E-state index contributed by atoms with van der Waals surface area (Å²) < 4.78 is 33.8. The SMILES string of the molecule is CCCCNC[C@H](O)c1ccc(OS(=O)(=O)O)cc1. The molecule has 0 spiro atoms. The Balaban J connectivity index is 2.51. The molecule has 7 heteroatoms. The van der Waals surface area contributed by atoms with Crippen LogP contribution in [0, 0.1) is 0 Å². The number of rotatable bonds is 8. The van der Waals surface area contributed by atoms with Gasteiger partial charge in [0.1, 0.15) is 5.75 Å². The largest absolute Gasteiger partial charge is 0.446 e. The summed E-state index contributed by atoms with van der Waals surface area (Å²) in [4.78, 5) is 0. The summed E-state index contributed by atoms with van der Waals surface area (Å²) in [5.74, 6) is -0.00241. The maximum absolute atomic E-state index is 10.5. The van der Waals surface area contributed by atoms with E-state index in [0.717, 1.165) is 19.4 Å². The van der Waals surface area contributed by atoms with E-state index in [4.69, 9.17) is 4.55 Å². The molecule has 3 N–H and O–H groups in total. The van der Waals surface area contributed by atoms with Crippen LogP contribution in [0.2, 0.25) is 0 Å². The lowest BCUT2D eigenvalue weighted by atomic mass is 10.1. The predicted molar refractivity (Wildman–Crippen MR) is 71.4 cm³/mol. The topological polar surface area (TPSA) is 95.9 Å². The average molecular weight is 289 g/mol. The van der Waals surface area contributed by atoms with E-state index in [0.29, 0.717) is 12.1 Å². The molecule has 0 saturated carbocycles. The summed E-state index contributed by atoms with van der Waals surface area (Å²) in [6.45, 7) is 3.36. The third-order valence-corrected chi connectivity index (χ3v) is 2.91. The first-order valence-corrected chi connectivity index (χ1v) is 7.44. The molecule has 1 atom stereocenters. The molecule has 1 aromatic rings. The van der Waals surface area contributed by atoms with E-state index in [-0.39, 0.29) is 5.75 Å². The smallest absolute Gasteiger partial charge is 0.387 e. The molecule has 19 heavy (non-hydrogen) atoms. The van der Waals surface area contributed by atoms with Gasteiger partial charge in [-0.15, -0.1) is 0 Å². The lowest BCUT2D eigenvalue weighted by Crippen LogP contribution is -2.22. The summed E-state index contributed by atoms with van der Waals surface area (Å²) in [5.41, 5.74) is 0.645. The third-order valence-electron chi connectivity index (χ3n) is 2.51. The molecule has 0 bridgehead atoms. The summed E-state index contributed by atoms with van der Waals surface area (Å²) >= 11 is 0. The van der Waals surface area contributed by atoms with Gasteiger partial charge in [0.25, 0.3) is 0 Å². The van der Waals surface area contributed by atoms with Gasteiger partial charge in [-0.3, -0.25) is 4.55 Å². The van der Waals surface area contributed by atoms with Gasteiger partial charge < -0.3 is 14.6 Å². The molecule has 0 aliphatic carbocycles. The van der Waals surface area contributed by atoms with Crippen LogP contribution < -0.4 is 9.50 Å². The maximum atomic E-state index is 10.5. The van der Waals surface area contributed by atoms with Gasteiger partial charge in [0.05, 0.1) is 6.10 Å². The minimum atomic E-state index is -4.51. The monoisotopic (exact) mass is 289 g/mol. The minimum absolute atomic E-state index is 0.00241. The lowest BCUT2D eigenvalue weighted by Gasteiger charge is -2.12. The molecule has 0 unspecified atom stereocenters. The molecule has 0 aliphatic heterocycles. The highest BCUT2D eigenvalue weighted by atomic mass is 32.3. The Morgan fingerprint density at radius 1 is 1.32 bits per heavy atom. The van der Waals surface area contributed by atoms with Gasteiger partial charge >= 0.3 is 10.4 Å². The maximum Gasteiger partial charge on any atom is 0.446 e. The van der Waals surface area contributed by atoms with Crippen LogP contribution in [0.1, 0.15) is 31.4 Å². The molecule has 0 aliphatic rings. The highest BCUT2D eigenvalue weighted by molar-refractivity contribution is 7.81. The van der Waals surface area contributed by atoms with E-state index < -0.39 is 16.5 Å². The number of benzene rings is 1. The molecular formula is C12H19NO5S. The molecule has 6 nitrogen and oxygen atoms in total. The van der Waals surface area contributed by atoms with Crippen LogP contribution in [-0.2, 0) is 10.4 Å². The molecule has 0 fully saturated rings. The Morgan fingerprint density at radius 2 is 1.95 bits per heavy atom. The van der Waals surface area contributed by atoms with Gasteiger partial charge in [-0.2, -0.15) is 8.42 Å². The number of aliphatic hydroxyl groups is 1. The van der Waals surface area contributed by atoms with E-state index in [1.165, 1.54) is 12.1 Å². The molecule has 0 heterocycles. The Hall–Kier alpha value is -1.15. The highest BCUT2D eigenvalue weighted by Crippen LogP contribution is 2.18. The third kappa shape index (κ3) is 6.53. The molecule has 1 rings (SSSR count). The quantitative estimate of drug-likeness (QED) is 0.493. The van der Waals surface area contributed by atoms with Gasteiger partial charge in [0.2, 0.25) is 0 Å². The molecule has 0 radical (unpaired) electrons. The zero-order valence-electron chi connectivity index (χ0n) is 10.7. The van der Waals surface area contributed by atoms with Gasteiger partial charge in [0, 0.05) is 6.54 Å². The molecule has 0 aromatic heterocycles. The van der Waals surface area contributed by atoms with Crippen LogP contribution >= 0.6 is 0 Å². The zero-order valence-corrected chi connectivity index (χ0v) is 11.6. The Labute approximate surface area is 113 Å². The van der Waals surface area contributed by atoms with Crippen molar-refractivity contribution in [3.63, 3.8) is 0 Å². The average Bonchev–Trinajstić information content (AvgIpc) is 2.33. The Bertz CT molecular complexity index is 471. The first-order valence-electron chi connectivity index (χ1n) is 6.08. The van der Waals surface area contributed by atoms with Crippen LogP contribution in [0.3, 0.4) is 0 Å². The van der Waals surface area contributed by atoms with Crippen molar-refractivity contribution in [2.24, 2.45) is 0 Å². The van der Waals surface area contributed by atoms with Crippen molar-refractivity contribution in [3.05, 3.63) is 29.8 Å². The molecule has 0 saturated heterocycles. The number of hydrogen-bond donors (Lipinski definition) is 3. The first-order chi connectivity index (χ1) is 8.92. The zero-order chi connectivity index (χ0) is 14.3. The Kier molecular flexibility index (Phi) is 6.23. The number of nitrogens with one attached hydrogen (secondary N) is 1. The fourth-order valence-electron chi connectivity index (χ4n) is 1.53. The number of hydrogen-bond acceptors (Lipinski definition) is 5. The van der Waals surface area contributed by atoms with Crippen molar-refractivity contribution < 1.29 is 22.3 Å². The normalized spacial score (nSPS) is 13.2. The molecule has 1 aromatic carbocycles. The fourth-order valence-corrected chi connectivity index (χ4v) is 1.88. The van der Waals surface area contributed by atoms with Crippen LogP contribution in [0.25, 0.3) is 0 Å². The van der Waals surface area contributed by atoms with Crippen molar-refractivity contribution in [2.75, 3.05) is 13.1 Å². The van der Waals surface area contributed by atoms with E-state index in [9.17, 15) is 13.5 Å². The van der Waals surface area contributed by atoms with Crippen molar-refractivity contribution in [1.29, 1.82) is 0 Å². The van der Waals surface area contributed by atoms with E-state index >= 15 is 0 Å². The van der Waals surface area contributed by atoms with E-state index in [1.807, 2.05) is 0 Å². The summed E-state index contributed by atoms with van der Waals surface area (Å²) in [5, 5.41) is 13.0. The fraction of sp³-hybridized carbons (Fsp3) is 0.500. The van der Waals surface area contributed by atoms with Gasteiger partial charge in [-0.25, -0.2) is 0 Å². The molecular weight excluding hydrogens is 270 g/mol. The van der Waals surface area contributed by atoms with Gasteiger partial charge in [-0.1, -0.05) is 25.5 Å². The lowest BCUT2D eigenvalue weighted by molar-refractivity contribution is 0.175. The van der Waals surface area contributed by atoms with Crippen LogP contribution in [-0.4, -0.2) is 31.2 Å². The van der Waals surface area contributed by atoms with Crippen molar-refractivity contribution in [1.82, 2.24) is 5.32 Å². The van der Waals surface area contributed by atoms with E-state index in [1.54, 1.807) is 12.1 Å². The standard InChI is InChI=1S/C12H19NO5S/c1-2-3-8-13-9-12(14)10-4-6-11(7-5-10)18-19(15,16)17/h4-7,12-14H,2-3,8-9H2,1H3,(H,15,16,17)/t12-/m0/s1. The second-order valence-corrected chi connectivity index (χ2v) is 5.18. The van der Waals surface area contributed by atoms with Crippen molar-refractivity contribution in [3.8, 4) is 5.75 Å². The Morgan fingerprint density at radius 3 is 2.47 bits per heavy atom. The predicted octanol–water partition coefficient (Wildman–Crippen LogP) is 1.29. The molecule has 0 amide bonds. The number of aliphatic hydroxyl groups excluding tert-OH is 1. The summed E-state index contributed by atoms with van der Waals surface area (Å²) in [6.07, 6.45) is 1.47. The second kappa shape index (κ2) is 7.44. The van der Waals surface area contributed by atoms with Crippen LogP contribution in [0.4, 0.5) is 0 Å². The highest BCUT2D eigenvalue weighted by Gasteiger charge is 2.09. The minimum Gasteiger partial charge on any atom is -0.387 e. The number of unbranched alkanes of at least 4 members (excludes halogenated alkanes) is 1. The van der Waals surface area contributed by atoms with Crippen molar-refractivity contribution in [2.45, 2.75) is 25.9 Å². The first kappa shape index (κ1) is 15.9. The summed E-state index contributed by atoms with van der Waals surface area (Å²) in [7, 11) is -4.51. The van der Waals surface area contributed by atoms with Crippen LogP contribution in [0.15, 0.2) is 24.3 Å².